The summed E-state index contributed by atoms with van der Waals surface area (Å²) in [5.41, 5.74) is 1.96. The average Bonchev–Trinajstić information content (AvgIpc) is 3.03. The molecule has 2 aromatic rings. The maximum atomic E-state index is 12.2. The number of hydrogen-bond donors (Lipinski definition) is 2. The first-order valence-corrected chi connectivity index (χ1v) is 7.54. The van der Waals surface area contributed by atoms with Crippen LogP contribution in [-0.4, -0.2) is 39.6 Å². The van der Waals surface area contributed by atoms with Gasteiger partial charge in [-0.05, 0) is 37.5 Å². The number of carbonyl (C=O) groups is 2. The smallest absolute Gasteiger partial charge is 0.326 e. The number of benzene rings is 1. The Hall–Kier alpha value is -2.15. The number of rotatable bonds is 2. The lowest BCUT2D eigenvalue weighted by Gasteiger charge is -2.20. The first-order chi connectivity index (χ1) is 10.0. The van der Waals surface area contributed by atoms with Crippen molar-refractivity contribution in [1.82, 2.24) is 9.88 Å². The molecule has 2 amide bonds. The van der Waals surface area contributed by atoms with Crippen LogP contribution in [0.5, 0.6) is 0 Å². The molecule has 1 saturated heterocycles. The second-order valence-electron chi connectivity index (χ2n) is 5.11. The fraction of sp³-hybridized carbons (Fsp3) is 0.357. The third-order valence-electron chi connectivity index (χ3n) is 3.56. The zero-order chi connectivity index (χ0) is 15.0. The van der Waals surface area contributed by atoms with Gasteiger partial charge in [-0.15, -0.1) is 0 Å². The van der Waals surface area contributed by atoms with E-state index in [1.807, 2.05) is 25.1 Å². The zero-order valence-corrected chi connectivity index (χ0v) is 12.3. The van der Waals surface area contributed by atoms with E-state index in [0.29, 0.717) is 24.5 Å². The van der Waals surface area contributed by atoms with Crippen molar-refractivity contribution >= 4 is 38.7 Å². The summed E-state index contributed by atoms with van der Waals surface area (Å²) < 4.78 is 1.00. The van der Waals surface area contributed by atoms with Gasteiger partial charge in [0.1, 0.15) is 6.04 Å². The number of amides is 2. The topological polar surface area (TPSA) is 82.5 Å². The molecule has 3 rings (SSSR count). The molecule has 6 nitrogen and oxygen atoms in total. The molecular weight excluding hydrogens is 290 g/mol. The Morgan fingerprint density at radius 1 is 1.48 bits per heavy atom. The van der Waals surface area contributed by atoms with Crippen LogP contribution in [0.3, 0.4) is 0 Å². The first-order valence-electron chi connectivity index (χ1n) is 6.72. The lowest BCUT2D eigenvalue weighted by Crippen LogP contribution is -2.42. The quantitative estimate of drug-likeness (QED) is 0.893. The molecule has 2 heterocycles. The van der Waals surface area contributed by atoms with Crippen LogP contribution in [0, 0.1) is 6.92 Å². The van der Waals surface area contributed by atoms with Crippen LogP contribution in [0.15, 0.2) is 18.2 Å². The number of likely N-dealkylation sites (tertiary alicyclic amines) is 1. The van der Waals surface area contributed by atoms with Crippen molar-refractivity contribution in [3.05, 3.63) is 23.8 Å². The Kier molecular flexibility index (Phi) is 3.50. The van der Waals surface area contributed by atoms with E-state index < -0.39 is 18.0 Å². The summed E-state index contributed by atoms with van der Waals surface area (Å²) in [6, 6.07) is 4.76. The van der Waals surface area contributed by atoms with E-state index >= 15 is 0 Å². The number of urea groups is 1. The summed E-state index contributed by atoms with van der Waals surface area (Å²) >= 11 is 1.39. The summed E-state index contributed by atoms with van der Waals surface area (Å²) in [5, 5.41) is 12.3. The first kappa shape index (κ1) is 13.8. The fourth-order valence-corrected chi connectivity index (χ4v) is 3.47. The van der Waals surface area contributed by atoms with Crippen molar-refractivity contribution in [3.63, 3.8) is 0 Å². The van der Waals surface area contributed by atoms with Crippen LogP contribution >= 0.6 is 11.3 Å². The van der Waals surface area contributed by atoms with Gasteiger partial charge in [-0.25, -0.2) is 14.6 Å². The summed E-state index contributed by atoms with van der Waals surface area (Å²) in [7, 11) is 0. The van der Waals surface area contributed by atoms with E-state index in [2.05, 4.69) is 10.3 Å². The fourth-order valence-electron chi connectivity index (χ4n) is 2.52. The Balaban J connectivity index is 1.78. The number of aromatic nitrogens is 1. The second kappa shape index (κ2) is 5.33. The number of hydrogen-bond acceptors (Lipinski definition) is 4. The molecule has 7 heteroatoms. The summed E-state index contributed by atoms with van der Waals surface area (Å²) in [6.45, 7) is 2.46. The molecule has 0 spiro atoms. The number of carbonyl (C=O) groups excluding carboxylic acids is 1. The highest BCUT2D eigenvalue weighted by Gasteiger charge is 2.34. The minimum atomic E-state index is -0.956. The minimum absolute atomic E-state index is 0.393. The zero-order valence-electron chi connectivity index (χ0n) is 11.5. The van der Waals surface area contributed by atoms with Crippen LogP contribution in [0.25, 0.3) is 10.2 Å². The SMILES string of the molecule is Cc1ccc2nc(NC(=O)N3CCC[C@@H]3C(=O)O)sc2c1. The van der Waals surface area contributed by atoms with Gasteiger partial charge < -0.3 is 10.0 Å². The highest BCUT2D eigenvalue weighted by Crippen LogP contribution is 2.27. The molecule has 0 radical (unpaired) electrons. The maximum absolute atomic E-state index is 12.2. The molecule has 1 aliphatic rings. The van der Waals surface area contributed by atoms with E-state index in [1.54, 1.807) is 0 Å². The van der Waals surface area contributed by atoms with Crippen LogP contribution in [-0.2, 0) is 4.79 Å². The Morgan fingerprint density at radius 2 is 2.29 bits per heavy atom. The molecule has 0 bridgehead atoms. The number of anilines is 1. The van der Waals surface area contributed by atoms with Gasteiger partial charge in [-0.3, -0.25) is 5.32 Å². The monoisotopic (exact) mass is 305 g/mol. The average molecular weight is 305 g/mol. The van der Waals surface area contributed by atoms with E-state index in [-0.39, 0.29) is 0 Å². The third-order valence-corrected chi connectivity index (χ3v) is 4.49. The van der Waals surface area contributed by atoms with Gasteiger partial charge >= 0.3 is 12.0 Å². The Morgan fingerprint density at radius 3 is 3.05 bits per heavy atom. The number of nitrogens with zero attached hydrogens (tertiary/aromatic N) is 2. The number of aliphatic carboxylic acids is 1. The van der Waals surface area contributed by atoms with Gasteiger partial charge in [-0.2, -0.15) is 0 Å². The lowest BCUT2D eigenvalue weighted by molar-refractivity contribution is -0.141. The molecule has 21 heavy (non-hydrogen) atoms. The Bertz CT molecular complexity index is 713. The van der Waals surface area contributed by atoms with Crippen molar-refractivity contribution in [3.8, 4) is 0 Å². The van der Waals surface area contributed by atoms with E-state index in [4.69, 9.17) is 5.11 Å². The molecule has 0 unspecified atom stereocenters. The van der Waals surface area contributed by atoms with Gasteiger partial charge in [-0.1, -0.05) is 17.4 Å². The van der Waals surface area contributed by atoms with Gasteiger partial charge in [0.2, 0.25) is 0 Å². The molecule has 2 N–H and O–H groups in total. The summed E-state index contributed by atoms with van der Waals surface area (Å²) in [6.07, 6.45) is 1.21. The second-order valence-corrected chi connectivity index (χ2v) is 6.14. The molecule has 1 aromatic heterocycles. The lowest BCUT2D eigenvalue weighted by atomic mass is 10.2. The van der Waals surface area contributed by atoms with Crippen LogP contribution < -0.4 is 5.32 Å². The number of nitrogens with one attached hydrogen (secondary N) is 1. The number of fused-ring (bicyclic) bond motifs is 1. The van der Waals surface area contributed by atoms with Crippen molar-refractivity contribution in [1.29, 1.82) is 0 Å². The molecular formula is C14H15N3O3S. The van der Waals surface area contributed by atoms with Crippen molar-refractivity contribution in [2.75, 3.05) is 11.9 Å². The minimum Gasteiger partial charge on any atom is -0.480 e. The molecule has 1 aliphatic heterocycles. The molecule has 0 aliphatic carbocycles. The molecule has 110 valence electrons. The highest BCUT2D eigenvalue weighted by atomic mass is 32.1. The van der Waals surface area contributed by atoms with Crippen molar-refractivity contribution in [2.24, 2.45) is 0 Å². The van der Waals surface area contributed by atoms with Crippen molar-refractivity contribution < 1.29 is 14.7 Å². The highest BCUT2D eigenvalue weighted by molar-refractivity contribution is 7.22. The molecule has 1 fully saturated rings. The van der Waals surface area contributed by atoms with Crippen LogP contribution in [0.1, 0.15) is 18.4 Å². The van der Waals surface area contributed by atoms with Gasteiger partial charge in [0.05, 0.1) is 10.2 Å². The standard InChI is InChI=1S/C14H15N3O3S/c1-8-4-5-9-11(7-8)21-13(15-9)16-14(20)17-6-2-3-10(17)12(18)19/h4-5,7,10H,2-3,6H2,1H3,(H,18,19)(H,15,16,20)/t10-/m1/s1. The van der Waals surface area contributed by atoms with E-state index in [9.17, 15) is 9.59 Å². The van der Waals surface area contributed by atoms with Gasteiger partial charge in [0.25, 0.3) is 0 Å². The number of carboxylic acids is 1. The van der Waals surface area contributed by atoms with Gasteiger partial charge in [0.15, 0.2) is 5.13 Å². The predicted octanol–water partition coefficient (Wildman–Crippen LogP) is 2.69. The summed E-state index contributed by atoms with van der Waals surface area (Å²) in [5.74, 6) is -0.956. The predicted molar refractivity (Wildman–Crippen MR) is 80.7 cm³/mol. The normalized spacial score (nSPS) is 18.1. The van der Waals surface area contributed by atoms with Crippen LogP contribution in [0.2, 0.25) is 0 Å². The third kappa shape index (κ3) is 2.69. The van der Waals surface area contributed by atoms with Crippen LogP contribution in [0.4, 0.5) is 9.93 Å². The Labute approximate surface area is 125 Å². The largest absolute Gasteiger partial charge is 0.480 e. The van der Waals surface area contributed by atoms with E-state index in [0.717, 1.165) is 15.8 Å². The number of thiazole rings is 1. The molecule has 0 saturated carbocycles. The molecule has 1 aromatic carbocycles. The maximum Gasteiger partial charge on any atom is 0.326 e. The van der Waals surface area contributed by atoms with E-state index in [1.165, 1.54) is 16.2 Å². The summed E-state index contributed by atoms with van der Waals surface area (Å²) in [4.78, 5) is 29.0. The number of aryl methyl sites for hydroxylation is 1. The van der Waals surface area contributed by atoms with Crippen molar-refractivity contribution in [2.45, 2.75) is 25.8 Å². The van der Waals surface area contributed by atoms with Gasteiger partial charge in [0, 0.05) is 6.54 Å². The molecule has 1 atom stereocenters. The number of carboxylic acid groups (broad SMARTS) is 1.